The van der Waals surface area contributed by atoms with Gasteiger partial charge in [-0.2, -0.15) is 5.10 Å². The average molecular weight is 377 g/mol. The summed E-state index contributed by atoms with van der Waals surface area (Å²) >= 11 is 3.05. The molecule has 0 aliphatic carbocycles. The monoisotopic (exact) mass is 376 g/mol. The van der Waals surface area contributed by atoms with Crippen LogP contribution in [-0.4, -0.2) is 18.6 Å². The van der Waals surface area contributed by atoms with Crippen molar-refractivity contribution < 1.29 is 12.8 Å². The van der Waals surface area contributed by atoms with E-state index >= 15 is 0 Å². The predicted octanol–water partition coefficient (Wildman–Crippen LogP) is 2.19. The van der Waals surface area contributed by atoms with Gasteiger partial charge in [0.25, 0.3) is 10.0 Å². The Morgan fingerprint density at radius 3 is 2.71 bits per heavy atom. The van der Waals surface area contributed by atoms with Gasteiger partial charge < -0.3 is 5.73 Å². The van der Waals surface area contributed by atoms with Gasteiger partial charge in [0.2, 0.25) is 0 Å². The van der Waals surface area contributed by atoms with E-state index < -0.39 is 15.8 Å². The van der Waals surface area contributed by atoms with Crippen molar-refractivity contribution in [2.24, 2.45) is 5.73 Å². The fourth-order valence-electron chi connectivity index (χ4n) is 1.92. The van der Waals surface area contributed by atoms with Gasteiger partial charge in [0.15, 0.2) is 0 Å². The maximum Gasteiger partial charge on any atom is 0.265 e. The van der Waals surface area contributed by atoms with Crippen LogP contribution in [0.5, 0.6) is 0 Å². The van der Waals surface area contributed by atoms with E-state index in [2.05, 4.69) is 30.8 Å². The molecule has 1 heterocycles. The van der Waals surface area contributed by atoms with Crippen LogP contribution in [-0.2, 0) is 16.6 Å². The number of aromatic amines is 1. The van der Waals surface area contributed by atoms with Crippen molar-refractivity contribution in [3.8, 4) is 0 Å². The summed E-state index contributed by atoms with van der Waals surface area (Å²) in [4.78, 5) is -0.00673. The van der Waals surface area contributed by atoms with Crippen LogP contribution in [0.2, 0.25) is 0 Å². The number of nitrogens with zero attached hydrogens (tertiary/aromatic N) is 1. The molecule has 0 unspecified atom stereocenters. The fraction of sp³-hybridized carbons (Fsp3) is 0.250. The normalized spacial score (nSPS) is 11.7. The van der Waals surface area contributed by atoms with Crippen molar-refractivity contribution in [1.29, 1.82) is 0 Å². The Bertz CT molecular complexity index is 789. The lowest BCUT2D eigenvalue weighted by Gasteiger charge is -2.12. The summed E-state index contributed by atoms with van der Waals surface area (Å²) in [5.74, 6) is -0.554. The summed E-state index contributed by atoms with van der Waals surface area (Å²) in [5, 5.41) is 6.43. The van der Waals surface area contributed by atoms with Gasteiger partial charge in [-0.05, 0) is 47.5 Å². The van der Waals surface area contributed by atoms with Gasteiger partial charge in [0, 0.05) is 6.54 Å². The lowest BCUT2D eigenvalue weighted by Crippen LogP contribution is -2.17. The number of hydrogen-bond donors (Lipinski definition) is 3. The minimum absolute atomic E-state index is 0.00673. The Kier molecular flexibility index (Phi) is 4.35. The van der Waals surface area contributed by atoms with Crippen molar-refractivity contribution in [2.75, 3.05) is 4.72 Å². The number of aryl methyl sites for hydroxylation is 2. The third-order valence-electron chi connectivity index (χ3n) is 2.93. The summed E-state index contributed by atoms with van der Waals surface area (Å²) in [7, 11) is -3.90. The highest BCUT2D eigenvalue weighted by molar-refractivity contribution is 9.10. The highest BCUT2D eigenvalue weighted by Crippen LogP contribution is 2.27. The molecule has 9 heteroatoms. The molecule has 0 aliphatic heterocycles. The summed E-state index contributed by atoms with van der Waals surface area (Å²) in [5.41, 5.74) is 6.84. The number of anilines is 1. The first-order chi connectivity index (χ1) is 9.76. The van der Waals surface area contributed by atoms with Crippen molar-refractivity contribution in [2.45, 2.75) is 25.3 Å². The van der Waals surface area contributed by atoms with Crippen molar-refractivity contribution >= 4 is 31.6 Å². The van der Waals surface area contributed by atoms with Gasteiger partial charge in [-0.15, -0.1) is 0 Å². The van der Waals surface area contributed by atoms with Crippen LogP contribution in [0.3, 0.4) is 0 Å². The van der Waals surface area contributed by atoms with E-state index in [4.69, 9.17) is 5.73 Å². The van der Waals surface area contributed by atoms with E-state index in [1.807, 2.05) is 0 Å². The highest BCUT2D eigenvalue weighted by Gasteiger charge is 2.24. The van der Waals surface area contributed by atoms with E-state index in [9.17, 15) is 12.8 Å². The summed E-state index contributed by atoms with van der Waals surface area (Å²) in [6.45, 7) is 3.23. The third kappa shape index (κ3) is 3.09. The lowest BCUT2D eigenvalue weighted by molar-refractivity contribution is 0.599. The number of hydrogen-bond acceptors (Lipinski definition) is 4. The molecule has 0 spiro atoms. The minimum atomic E-state index is -3.90. The zero-order valence-electron chi connectivity index (χ0n) is 11.4. The first kappa shape index (κ1) is 15.9. The number of rotatable bonds is 4. The smallest absolute Gasteiger partial charge is 0.265 e. The quantitative estimate of drug-likeness (QED) is 0.760. The largest absolute Gasteiger partial charge is 0.325 e. The van der Waals surface area contributed by atoms with E-state index in [1.54, 1.807) is 13.8 Å². The summed E-state index contributed by atoms with van der Waals surface area (Å²) in [6, 6.07) is 2.62. The highest BCUT2D eigenvalue weighted by atomic mass is 79.9. The first-order valence-electron chi connectivity index (χ1n) is 5.98. The second kappa shape index (κ2) is 5.74. The van der Waals surface area contributed by atoms with E-state index in [0.29, 0.717) is 11.3 Å². The molecule has 114 valence electrons. The van der Waals surface area contributed by atoms with Crippen molar-refractivity contribution in [3.63, 3.8) is 0 Å². The molecule has 1 aromatic carbocycles. The number of benzene rings is 1. The fourth-order valence-corrected chi connectivity index (χ4v) is 3.87. The number of H-pyrrole nitrogens is 1. The SMILES string of the molecule is Cc1cc(Br)c(F)cc1NS(=O)(=O)c1c(CN)n[nH]c1C. The molecule has 0 saturated heterocycles. The topological polar surface area (TPSA) is 101 Å². The van der Waals surface area contributed by atoms with Crippen molar-refractivity contribution in [1.82, 2.24) is 10.2 Å². The van der Waals surface area contributed by atoms with Crippen LogP contribution >= 0.6 is 15.9 Å². The van der Waals surface area contributed by atoms with Gasteiger partial charge in [-0.3, -0.25) is 9.82 Å². The molecule has 4 N–H and O–H groups in total. The maximum atomic E-state index is 13.6. The molecular weight excluding hydrogens is 363 g/mol. The van der Waals surface area contributed by atoms with E-state index in [-0.39, 0.29) is 27.3 Å². The molecule has 21 heavy (non-hydrogen) atoms. The molecule has 0 fully saturated rings. The number of halogens is 2. The van der Waals surface area contributed by atoms with Gasteiger partial charge in [0.05, 0.1) is 21.5 Å². The van der Waals surface area contributed by atoms with Crippen LogP contribution in [0.25, 0.3) is 0 Å². The van der Waals surface area contributed by atoms with Crippen LogP contribution in [0, 0.1) is 19.7 Å². The first-order valence-corrected chi connectivity index (χ1v) is 8.26. The molecule has 0 saturated carbocycles. The Labute approximate surface area is 130 Å². The zero-order chi connectivity index (χ0) is 15.8. The van der Waals surface area contributed by atoms with Crippen molar-refractivity contribution in [3.05, 3.63) is 39.4 Å². The number of sulfonamides is 1. The minimum Gasteiger partial charge on any atom is -0.325 e. The summed E-state index contributed by atoms with van der Waals surface area (Å²) < 4.78 is 41.1. The molecule has 0 atom stereocenters. The molecule has 0 radical (unpaired) electrons. The number of nitrogens with two attached hydrogens (primary N) is 1. The summed E-state index contributed by atoms with van der Waals surface area (Å²) in [6.07, 6.45) is 0. The maximum absolute atomic E-state index is 13.6. The zero-order valence-corrected chi connectivity index (χ0v) is 13.8. The second-order valence-corrected chi connectivity index (χ2v) is 6.99. The van der Waals surface area contributed by atoms with Gasteiger partial charge in [0.1, 0.15) is 10.7 Å². The van der Waals surface area contributed by atoms with Gasteiger partial charge in [-0.1, -0.05) is 0 Å². The lowest BCUT2D eigenvalue weighted by atomic mass is 10.2. The molecule has 2 rings (SSSR count). The third-order valence-corrected chi connectivity index (χ3v) is 5.11. The number of nitrogens with one attached hydrogen (secondary N) is 2. The molecule has 1 aromatic heterocycles. The second-order valence-electron chi connectivity index (χ2n) is 4.52. The molecule has 0 aliphatic rings. The molecule has 2 aromatic rings. The Balaban J connectivity index is 2.47. The molecule has 6 nitrogen and oxygen atoms in total. The standard InChI is InChI=1S/C12H14BrFN4O2S/c1-6-3-8(13)9(14)4-10(6)18-21(19,20)12-7(2)16-17-11(12)5-15/h3-4,18H,5,15H2,1-2H3,(H,16,17). The van der Waals surface area contributed by atoms with Crippen LogP contribution in [0.15, 0.2) is 21.5 Å². The Morgan fingerprint density at radius 2 is 2.10 bits per heavy atom. The van der Waals surface area contributed by atoms with Crippen LogP contribution in [0.4, 0.5) is 10.1 Å². The van der Waals surface area contributed by atoms with E-state index in [1.165, 1.54) is 6.07 Å². The number of aromatic nitrogens is 2. The average Bonchev–Trinajstić information content (AvgIpc) is 2.77. The van der Waals surface area contributed by atoms with Gasteiger partial charge >= 0.3 is 0 Å². The van der Waals surface area contributed by atoms with E-state index in [0.717, 1.165) is 6.07 Å². The Hall–Kier alpha value is -1.45. The molecule has 0 bridgehead atoms. The van der Waals surface area contributed by atoms with Crippen LogP contribution < -0.4 is 10.5 Å². The molecular formula is C12H14BrFN4O2S. The predicted molar refractivity (Wildman–Crippen MR) is 80.9 cm³/mol. The Morgan fingerprint density at radius 1 is 1.43 bits per heavy atom. The van der Waals surface area contributed by atoms with Gasteiger partial charge in [-0.25, -0.2) is 12.8 Å². The van der Waals surface area contributed by atoms with Crippen LogP contribution in [0.1, 0.15) is 17.0 Å². The molecule has 0 amide bonds.